The Labute approximate surface area is 225 Å². The van der Waals surface area contributed by atoms with Crippen molar-refractivity contribution in [2.24, 2.45) is 0 Å². The number of H-pyrrole nitrogens is 1. The van der Waals surface area contributed by atoms with Gasteiger partial charge in [-0.15, -0.1) is 0 Å². The molecule has 4 aromatic heterocycles. The molecule has 3 atom stereocenters. The van der Waals surface area contributed by atoms with Crippen molar-refractivity contribution in [2.75, 3.05) is 7.11 Å². The summed E-state index contributed by atoms with van der Waals surface area (Å²) in [4.78, 5) is 30.5. The fourth-order valence-corrected chi connectivity index (χ4v) is 5.24. The van der Waals surface area contributed by atoms with Crippen molar-refractivity contribution in [3.05, 3.63) is 78.1 Å². The maximum atomic E-state index is 15.0. The Balaban J connectivity index is 1.42. The van der Waals surface area contributed by atoms with Crippen LogP contribution in [0.3, 0.4) is 0 Å². The minimum Gasteiger partial charge on any atom is -0.381 e. The summed E-state index contributed by atoms with van der Waals surface area (Å²) in [6.45, 7) is 0. The topological polar surface area (TPSA) is 124 Å². The van der Waals surface area contributed by atoms with Gasteiger partial charge in [-0.1, -0.05) is 0 Å². The molecule has 10 nitrogen and oxygen atoms in total. The minimum absolute atomic E-state index is 0.0573. The van der Waals surface area contributed by atoms with Gasteiger partial charge in [0.1, 0.15) is 34.9 Å². The lowest BCUT2D eigenvalue weighted by Gasteiger charge is -2.36. The molecule has 6 rings (SSSR count). The van der Waals surface area contributed by atoms with Crippen LogP contribution >= 0.6 is 0 Å². The number of ether oxygens (including phenoxy) is 1. The molecular weight excluding hydrogens is 525 g/mol. The van der Waals surface area contributed by atoms with E-state index in [0.717, 1.165) is 18.2 Å². The molecule has 0 aliphatic heterocycles. The summed E-state index contributed by atoms with van der Waals surface area (Å²) in [6.07, 6.45) is 5.47. The number of aromatic amines is 1. The number of nitrogens with one attached hydrogen (secondary N) is 2. The van der Waals surface area contributed by atoms with Crippen molar-refractivity contribution in [3.8, 4) is 23.0 Å². The second-order valence-corrected chi connectivity index (χ2v) is 9.54. The molecule has 2 N–H and O–H groups in total. The van der Waals surface area contributed by atoms with Crippen molar-refractivity contribution < 1.29 is 22.7 Å². The zero-order chi connectivity index (χ0) is 27.8. The molecule has 1 aliphatic carbocycles. The number of aromatic nitrogens is 7. The van der Waals surface area contributed by atoms with E-state index in [9.17, 15) is 13.6 Å². The highest BCUT2D eigenvalue weighted by Gasteiger charge is 2.34. The average molecular weight is 549 g/mol. The van der Waals surface area contributed by atoms with Gasteiger partial charge in [0.15, 0.2) is 17.5 Å². The summed E-state index contributed by atoms with van der Waals surface area (Å²) in [5.74, 6) is -2.09. The summed E-state index contributed by atoms with van der Waals surface area (Å²) in [5, 5.41) is 9.50. The highest BCUT2D eigenvalue weighted by Crippen LogP contribution is 2.37. The molecule has 1 fully saturated rings. The van der Waals surface area contributed by atoms with Crippen LogP contribution < -0.4 is 5.32 Å². The molecule has 1 aliphatic rings. The maximum absolute atomic E-state index is 15.0. The zero-order valence-electron chi connectivity index (χ0n) is 21.2. The second-order valence-electron chi connectivity index (χ2n) is 9.54. The van der Waals surface area contributed by atoms with Gasteiger partial charge in [-0.2, -0.15) is 5.10 Å². The lowest BCUT2D eigenvalue weighted by molar-refractivity contribution is 0.0397. The van der Waals surface area contributed by atoms with Crippen LogP contribution in [0.25, 0.3) is 34.1 Å². The third-order valence-corrected chi connectivity index (χ3v) is 7.05. The van der Waals surface area contributed by atoms with E-state index in [1.54, 1.807) is 19.4 Å². The smallest absolute Gasteiger partial charge is 0.254 e. The van der Waals surface area contributed by atoms with E-state index in [1.165, 1.54) is 24.7 Å². The standard InChI is InChI=1S/C27H23F3N8O2/c1-40-17-9-15(35-27(39)18-7-14(28)4-5-19(18)29)8-16(10-17)38-23-11-21(25-33-13-34-37-25)32-12-22(23)36-26(38)24-20(30)3-2-6-31-24/h2-7,11-13,15-17H,8-10H2,1H3,(H,35,39)(H,33,34,37). The molecule has 1 aromatic carbocycles. The van der Waals surface area contributed by atoms with E-state index in [0.29, 0.717) is 41.8 Å². The number of carbonyl (C=O) groups excluding carboxylic acids is 1. The number of fused-ring (bicyclic) bond motifs is 1. The quantitative estimate of drug-likeness (QED) is 0.325. The molecule has 1 saturated carbocycles. The van der Waals surface area contributed by atoms with E-state index in [2.05, 4.69) is 35.5 Å². The van der Waals surface area contributed by atoms with Crippen molar-refractivity contribution >= 4 is 16.9 Å². The van der Waals surface area contributed by atoms with Crippen LogP contribution in [-0.2, 0) is 4.74 Å². The molecule has 0 bridgehead atoms. The summed E-state index contributed by atoms with van der Waals surface area (Å²) >= 11 is 0. The first kappa shape index (κ1) is 25.6. The summed E-state index contributed by atoms with van der Waals surface area (Å²) in [5.41, 5.74) is 1.32. The first-order chi connectivity index (χ1) is 19.4. The molecule has 204 valence electrons. The highest BCUT2D eigenvalue weighted by atomic mass is 19.1. The Morgan fingerprint density at radius 1 is 1.07 bits per heavy atom. The van der Waals surface area contributed by atoms with E-state index >= 15 is 4.39 Å². The van der Waals surface area contributed by atoms with Gasteiger partial charge in [0.05, 0.1) is 23.4 Å². The Bertz CT molecular complexity index is 1690. The Hall–Kier alpha value is -4.65. The Morgan fingerprint density at radius 3 is 2.73 bits per heavy atom. The van der Waals surface area contributed by atoms with Crippen molar-refractivity contribution in [2.45, 2.75) is 37.5 Å². The number of halogens is 3. The van der Waals surface area contributed by atoms with Gasteiger partial charge in [-0.3, -0.25) is 14.9 Å². The van der Waals surface area contributed by atoms with Crippen LogP contribution in [0.1, 0.15) is 35.7 Å². The lowest BCUT2D eigenvalue weighted by Crippen LogP contribution is -2.43. The van der Waals surface area contributed by atoms with Gasteiger partial charge >= 0.3 is 0 Å². The number of carbonyl (C=O) groups is 1. The van der Waals surface area contributed by atoms with Crippen LogP contribution in [0, 0.1) is 17.5 Å². The van der Waals surface area contributed by atoms with Gasteiger partial charge in [0, 0.05) is 25.4 Å². The van der Waals surface area contributed by atoms with E-state index in [4.69, 9.17) is 4.74 Å². The van der Waals surface area contributed by atoms with Crippen LogP contribution in [-0.4, -0.2) is 59.9 Å². The molecule has 3 unspecified atom stereocenters. The number of rotatable bonds is 6. The molecule has 1 amide bonds. The summed E-state index contributed by atoms with van der Waals surface area (Å²) in [7, 11) is 1.56. The molecule has 0 radical (unpaired) electrons. The first-order valence-corrected chi connectivity index (χ1v) is 12.5. The fraction of sp³-hybridized carbons (Fsp3) is 0.259. The van der Waals surface area contributed by atoms with Crippen molar-refractivity contribution in [1.82, 2.24) is 40.0 Å². The zero-order valence-corrected chi connectivity index (χ0v) is 21.2. The molecule has 5 aromatic rings. The van der Waals surface area contributed by atoms with Gasteiger partial charge in [0.25, 0.3) is 5.91 Å². The molecule has 4 heterocycles. The fourth-order valence-electron chi connectivity index (χ4n) is 5.24. The predicted octanol–water partition coefficient (Wildman–Crippen LogP) is 4.23. The number of benzene rings is 1. The number of imidazole rings is 1. The molecule has 40 heavy (non-hydrogen) atoms. The molecular formula is C27H23F3N8O2. The Kier molecular flexibility index (Phi) is 6.72. The SMILES string of the molecule is COC1CC(NC(=O)c2cc(F)ccc2F)CC(n2c(-c3ncccc3F)nc3cnc(-c4ncn[nH]4)cc32)C1. The van der Waals surface area contributed by atoms with Crippen molar-refractivity contribution in [1.29, 1.82) is 0 Å². The molecule has 0 spiro atoms. The third kappa shape index (κ3) is 4.79. The number of pyridine rings is 2. The average Bonchev–Trinajstić information content (AvgIpc) is 3.62. The number of methoxy groups -OCH3 is 1. The van der Waals surface area contributed by atoms with Gasteiger partial charge in [-0.05, 0) is 55.7 Å². The van der Waals surface area contributed by atoms with Crippen LogP contribution in [0.2, 0.25) is 0 Å². The number of hydrogen-bond acceptors (Lipinski definition) is 7. The van der Waals surface area contributed by atoms with Gasteiger partial charge < -0.3 is 14.6 Å². The largest absolute Gasteiger partial charge is 0.381 e. The third-order valence-electron chi connectivity index (χ3n) is 7.05. The molecule has 13 heteroatoms. The van der Waals surface area contributed by atoms with Crippen LogP contribution in [0.4, 0.5) is 13.2 Å². The number of hydrogen-bond donors (Lipinski definition) is 2. The van der Waals surface area contributed by atoms with Crippen molar-refractivity contribution in [3.63, 3.8) is 0 Å². The second kappa shape index (κ2) is 10.5. The number of amides is 1. The van der Waals surface area contributed by atoms with E-state index < -0.39 is 29.4 Å². The van der Waals surface area contributed by atoms with E-state index in [-0.39, 0.29) is 29.2 Å². The summed E-state index contributed by atoms with van der Waals surface area (Å²) in [6, 6.07) is 6.50. The maximum Gasteiger partial charge on any atom is 0.254 e. The number of nitrogens with zero attached hydrogens (tertiary/aromatic N) is 6. The lowest BCUT2D eigenvalue weighted by atomic mass is 9.88. The normalized spacial score (nSPS) is 19.1. The minimum atomic E-state index is -0.824. The van der Waals surface area contributed by atoms with Crippen LogP contribution in [0.15, 0.2) is 55.1 Å². The van der Waals surface area contributed by atoms with Gasteiger partial charge in [0.2, 0.25) is 0 Å². The predicted molar refractivity (Wildman–Crippen MR) is 137 cm³/mol. The Morgan fingerprint density at radius 2 is 1.95 bits per heavy atom. The first-order valence-electron chi connectivity index (χ1n) is 12.5. The van der Waals surface area contributed by atoms with Gasteiger partial charge in [-0.25, -0.2) is 28.1 Å². The van der Waals surface area contributed by atoms with E-state index in [1.807, 2.05) is 4.57 Å². The monoisotopic (exact) mass is 548 g/mol. The molecule has 0 saturated heterocycles. The highest BCUT2D eigenvalue weighted by molar-refractivity contribution is 5.94. The summed E-state index contributed by atoms with van der Waals surface area (Å²) < 4.78 is 50.6. The van der Waals surface area contributed by atoms with Crippen LogP contribution in [0.5, 0.6) is 0 Å².